The van der Waals surface area contributed by atoms with Gasteiger partial charge in [0.25, 0.3) is 0 Å². The molecule has 0 amide bonds. The van der Waals surface area contributed by atoms with Crippen LogP contribution in [0.1, 0.15) is 26.7 Å². The summed E-state index contributed by atoms with van der Waals surface area (Å²) in [7, 11) is 0. The van der Waals surface area contributed by atoms with Gasteiger partial charge in [-0.25, -0.2) is 4.79 Å². The number of carbonyl (C=O) groups is 1. The maximum Gasteiger partial charge on any atom is 0.332 e. The normalized spacial score (nSPS) is 19.2. The number of esters is 1. The Balaban J connectivity index is 2.16. The largest absolute Gasteiger partial charge is 0.463 e. The van der Waals surface area contributed by atoms with Crippen LogP contribution in [0.2, 0.25) is 0 Å². The van der Waals surface area contributed by atoms with Crippen LogP contribution >= 0.6 is 0 Å². The number of hydrogen-bond donors (Lipinski definition) is 1. The zero-order chi connectivity index (χ0) is 9.03. The topological polar surface area (TPSA) is 38.3 Å². The van der Waals surface area contributed by atoms with E-state index in [2.05, 4.69) is 12.2 Å². The SMILES string of the molecule is CCOC(=O)C=CNC1(C)CC1. The molecule has 1 saturated carbocycles. The zero-order valence-corrected chi connectivity index (χ0v) is 7.59. The van der Waals surface area contributed by atoms with E-state index < -0.39 is 0 Å². The van der Waals surface area contributed by atoms with Crippen molar-refractivity contribution in [2.45, 2.75) is 32.2 Å². The van der Waals surface area contributed by atoms with Crippen LogP contribution < -0.4 is 5.32 Å². The first-order valence-corrected chi connectivity index (χ1v) is 4.27. The Morgan fingerprint density at radius 2 is 2.33 bits per heavy atom. The third-order valence-electron chi connectivity index (χ3n) is 1.94. The molecule has 1 rings (SSSR count). The standard InChI is InChI=1S/C9H15NO2/c1-3-12-8(11)4-7-10-9(2)5-6-9/h4,7,10H,3,5-6H2,1-2H3. The molecular formula is C9H15NO2. The summed E-state index contributed by atoms with van der Waals surface area (Å²) in [6.45, 7) is 4.35. The molecule has 0 heterocycles. The fourth-order valence-corrected chi connectivity index (χ4v) is 0.833. The van der Waals surface area contributed by atoms with E-state index >= 15 is 0 Å². The predicted molar refractivity (Wildman–Crippen MR) is 46.5 cm³/mol. The van der Waals surface area contributed by atoms with E-state index in [4.69, 9.17) is 4.74 Å². The second-order valence-corrected chi connectivity index (χ2v) is 3.29. The molecule has 1 N–H and O–H groups in total. The summed E-state index contributed by atoms with van der Waals surface area (Å²) in [4.78, 5) is 10.8. The fourth-order valence-electron chi connectivity index (χ4n) is 0.833. The van der Waals surface area contributed by atoms with Crippen molar-refractivity contribution in [3.05, 3.63) is 12.3 Å². The maximum atomic E-state index is 10.8. The van der Waals surface area contributed by atoms with Crippen molar-refractivity contribution in [3.8, 4) is 0 Å². The smallest absolute Gasteiger partial charge is 0.332 e. The average molecular weight is 169 g/mol. The van der Waals surface area contributed by atoms with Gasteiger partial charge in [-0.05, 0) is 26.7 Å². The highest BCUT2D eigenvalue weighted by Crippen LogP contribution is 2.34. The summed E-state index contributed by atoms with van der Waals surface area (Å²) in [5.41, 5.74) is 0.239. The van der Waals surface area contributed by atoms with E-state index in [1.165, 1.54) is 18.9 Å². The lowest BCUT2D eigenvalue weighted by atomic mass is 10.3. The van der Waals surface area contributed by atoms with Crippen molar-refractivity contribution in [1.29, 1.82) is 0 Å². The quantitative estimate of drug-likeness (QED) is 0.507. The highest BCUT2D eigenvalue weighted by atomic mass is 16.5. The molecule has 12 heavy (non-hydrogen) atoms. The summed E-state index contributed by atoms with van der Waals surface area (Å²) < 4.78 is 4.71. The summed E-state index contributed by atoms with van der Waals surface area (Å²) in [6, 6.07) is 0. The third-order valence-corrected chi connectivity index (χ3v) is 1.94. The van der Waals surface area contributed by atoms with Crippen LogP contribution in [0.4, 0.5) is 0 Å². The molecule has 68 valence electrons. The molecule has 0 aromatic carbocycles. The molecule has 0 saturated heterocycles. The van der Waals surface area contributed by atoms with E-state index in [0.29, 0.717) is 6.61 Å². The van der Waals surface area contributed by atoms with Crippen LogP contribution in [-0.4, -0.2) is 18.1 Å². The predicted octanol–water partition coefficient (Wildman–Crippen LogP) is 1.21. The van der Waals surface area contributed by atoms with Gasteiger partial charge in [-0.3, -0.25) is 0 Å². The van der Waals surface area contributed by atoms with Gasteiger partial charge in [0.2, 0.25) is 0 Å². The van der Waals surface area contributed by atoms with Crippen LogP contribution in [-0.2, 0) is 9.53 Å². The van der Waals surface area contributed by atoms with E-state index in [0.717, 1.165) is 0 Å². The van der Waals surface area contributed by atoms with Crippen molar-refractivity contribution in [2.24, 2.45) is 0 Å². The minimum absolute atomic E-state index is 0.239. The maximum absolute atomic E-state index is 10.8. The first-order valence-electron chi connectivity index (χ1n) is 4.27. The molecule has 0 atom stereocenters. The summed E-state index contributed by atoms with van der Waals surface area (Å²) in [6.07, 6.45) is 5.46. The van der Waals surface area contributed by atoms with Gasteiger partial charge in [0.15, 0.2) is 0 Å². The Hall–Kier alpha value is -0.990. The molecular weight excluding hydrogens is 154 g/mol. The number of hydrogen-bond acceptors (Lipinski definition) is 3. The van der Waals surface area contributed by atoms with Gasteiger partial charge < -0.3 is 10.1 Å². The van der Waals surface area contributed by atoms with Crippen LogP contribution in [0.15, 0.2) is 12.3 Å². The highest BCUT2D eigenvalue weighted by molar-refractivity contribution is 5.81. The van der Waals surface area contributed by atoms with Gasteiger partial charge in [-0.1, -0.05) is 0 Å². The summed E-state index contributed by atoms with van der Waals surface area (Å²) in [5.74, 6) is -0.283. The van der Waals surface area contributed by atoms with Crippen LogP contribution in [0.5, 0.6) is 0 Å². The number of rotatable bonds is 4. The summed E-state index contributed by atoms with van der Waals surface area (Å²) >= 11 is 0. The van der Waals surface area contributed by atoms with Gasteiger partial charge in [0, 0.05) is 17.8 Å². The van der Waals surface area contributed by atoms with Gasteiger partial charge >= 0.3 is 5.97 Å². The average Bonchev–Trinajstić information content (AvgIpc) is 2.69. The Labute approximate surface area is 72.8 Å². The monoisotopic (exact) mass is 169 g/mol. The van der Waals surface area contributed by atoms with E-state index in [1.807, 2.05) is 0 Å². The zero-order valence-electron chi connectivity index (χ0n) is 7.59. The van der Waals surface area contributed by atoms with E-state index in [-0.39, 0.29) is 11.5 Å². The van der Waals surface area contributed by atoms with Gasteiger partial charge in [-0.15, -0.1) is 0 Å². The molecule has 0 unspecified atom stereocenters. The van der Waals surface area contributed by atoms with Crippen molar-refractivity contribution < 1.29 is 9.53 Å². The van der Waals surface area contributed by atoms with E-state index in [9.17, 15) is 4.79 Å². The Morgan fingerprint density at radius 1 is 1.67 bits per heavy atom. The van der Waals surface area contributed by atoms with Crippen LogP contribution in [0, 0.1) is 0 Å². The van der Waals surface area contributed by atoms with Crippen LogP contribution in [0.3, 0.4) is 0 Å². The lowest BCUT2D eigenvalue weighted by molar-refractivity contribution is -0.137. The van der Waals surface area contributed by atoms with Crippen molar-refractivity contribution in [1.82, 2.24) is 5.32 Å². The first-order chi connectivity index (χ1) is 5.66. The van der Waals surface area contributed by atoms with Crippen LogP contribution in [0.25, 0.3) is 0 Å². The van der Waals surface area contributed by atoms with Gasteiger partial charge in [-0.2, -0.15) is 0 Å². The molecule has 1 aliphatic rings. The van der Waals surface area contributed by atoms with Gasteiger partial charge in [0.05, 0.1) is 6.61 Å². The van der Waals surface area contributed by atoms with E-state index in [1.54, 1.807) is 13.1 Å². The number of nitrogens with one attached hydrogen (secondary N) is 1. The summed E-state index contributed by atoms with van der Waals surface area (Å²) in [5, 5.41) is 3.14. The Bertz CT molecular complexity index is 195. The minimum atomic E-state index is -0.283. The first kappa shape index (κ1) is 9.10. The molecule has 0 aromatic rings. The molecule has 1 fully saturated rings. The molecule has 0 spiro atoms. The molecule has 0 bridgehead atoms. The minimum Gasteiger partial charge on any atom is -0.463 e. The lowest BCUT2D eigenvalue weighted by Gasteiger charge is -2.06. The lowest BCUT2D eigenvalue weighted by Crippen LogP contribution is -2.21. The molecule has 3 heteroatoms. The fraction of sp³-hybridized carbons (Fsp3) is 0.667. The molecule has 0 aliphatic heterocycles. The van der Waals surface area contributed by atoms with Crippen molar-refractivity contribution >= 4 is 5.97 Å². The second kappa shape index (κ2) is 3.61. The van der Waals surface area contributed by atoms with Crippen molar-refractivity contribution in [3.63, 3.8) is 0 Å². The highest BCUT2D eigenvalue weighted by Gasteiger charge is 2.35. The van der Waals surface area contributed by atoms with Crippen molar-refractivity contribution in [2.75, 3.05) is 6.61 Å². The Kier molecular flexibility index (Phi) is 2.74. The Morgan fingerprint density at radius 3 is 2.83 bits per heavy atom. The molecule has 3 nitrogen and oxygen atoms in total. The number of carbonyl (C=O) groups excluding carboxylic acids is 1. The molecule has 0 aromatic heterocycles. The molecule has 1 aliphatic carbocycles. The number of ether oxygens (including phenoxy) is 1. The second-order valence-electron chi connectivity index (χ2n) is 3.29. The molecule has 0 radical (unpaired) electrons. The third kappa shape index (κ3) is 2.95. The van der Waals surface area contributed by atoms with Gasteiger partial charge in [0.1, 0.15) is 0 Å².